The van der Waals surface area contributed by atoms with Crippen LogP contribution in [0.25, 0.3) is 0 Å². The molecule has 0 amide bonds. The zero-order valence-corrected chi connectivity index (χ0v) is 15.0. The van der Waals surface area contributed by atoms with E-state index in [1.165, 1.54) is 5.56 Å². The van der Waals surface area contributed by atoms with Crippen LogP contribution >= 0.6 is 23.8 Å². The van der Waals surface area contributed by atoms with Crippen molar-refractivity contribution in [3.05, 3.63) is 65.2 Å². The van der Waals surface area contributed by atoms with E-state index in [-0.39, 0.29) is 6.04 Å². The van der Waals surface area contributed by atoms with Crippen molar-refractivity contribution in [1.29, 1.82) is 0 Å². The highest BCUT2D eigenvalue weighted by molar-refractivity contribution is 7.80. The number of halogens is 1. The van der Waals surface area contributed by atoms with Gasteiger partial charge in [0.05, 0.1) is 18.2 Å². The Bertz CT molecular complexity index is 657. The second-order valence-electron chi connectivity index (χ2n) is 5.83. The van der Waals surface area contributed by atoms with Crippen LogP contribution in [0.1, 0.15) is 18.0 Å². The highest BCUT2D eigenvalue weighted by Crippen LogP contribution is 2.26. The number of nitrogens with zero attached hydrogens (tertiary/aromatic N) is 1. The maximum atomic E-state index is 5.94. The SMILES string of the molecule is S=C(C[C@@H](c1ccccc1)N1CCOCC1)Nc1ccc(Cl)cc1. The van der Waals surface area contributed by atoms with Crippen molar-refractivity contribution >= 4 is 34.5 Å². The van der Waals surface area contributed by atoms with Crippen LogP contribution in [0.3, 0.4) is 0 Å². The molecule has 0 aromatic heterocycles. The lowest BCUT2D eigenvalue weighted by Crippen LogP contribution is -2.40. The van der Waals surface area contributed by atoms with Crippen LogP contribution in [0, 0.1) is 0 Å². The summed E-state index contributed by atoms with van der Waals surface area (Å²) in [6.45, 7) is 3.42. The summed E-state index contributed by atoms with van der Waals surface area (Å²) >= 11 is 11.5. The van der Waals surface area contributed by atoms with Gasteiger partial charge in [0, 0.05) is 36.3 Å². The quantitative estimate of drug-likeness (QED) is 0.791. The Morgan fingerprint density at radius 3 is 2.42 bits per heavy atom. The van der Waals surface area contributed by atoms with Crippen LogP contribution in [0.15, 0.2) is 54.6 Å². The summed E-state index contributed by atoms with van der Waals surface area (Å²) in [5.41, 5.74) is 2.26. The molecule has 1 fully saturated rings. The third kappa shape index (κ3) is 4.77. The van der Waals surface area contributed by atoms with Gasteiger partial charge in [0.1, 0.15) is 0 Å². The van der Waals surface area contributed by atoms with E-state index >= 15 is 0 Å². The molecule has 126 valence electrons. The van der Waals surface area contributed by atoms with E-state index in [2.05, 4.69) is 34.5 Å². The van der Waals surface area contributed by atoms with Gasteiger partial charge in [-0.05, 0) is 29.8 Å². The van der Waals surface area contributed by atoms with Crippen molar-refractivity contribution in [2.45, 2.75) is 12.5 Å². The van der Waals surface area contributed by atoms with Crippen molar-refractivity contribution in [1.82, 2.24) is 4.90 Å². The summed E-state index contributed by atoms with van der Waals surface area (Å²) in [4.78, 5) is 3.28. The molecule has 5 heteroatoms. The molecule has 0 aliphatic carbocycles. The first-order valence-corrected chi connectivity index (χ1v) is 8.93. The zero-order chi connectivity index (χ0) is 16.8. The van der Waals surface area contributed by atoms with Crippen LogP contribution in [-0.4, -0.2) is 36.2 Å². The van der Waals surface area contributed by atoms with Crippen molar-refractivity contribution in [2.75, 3.05) is 31.6 Å². The molecule has 2 aromatic rings. The van der Waals surface area contributed by atoms with Gasteiger partial charge in [0.15, 0.2) is 0 Å². The lowest BCUT2D eigenvalue weighted by Gasteiger charge is -2.35. The van der Waals surface area contributed by atoms with Gasteiger partial charge in [-0.2, -0.15) is 0 Å². The van der Waals surface area contributed by atoms with Crippen LogP contribution in [0.5, 0.6) is 0 Å². The minimum absolute atomic E-state index is 0.266. The van der Waals surface area contributed by atoms with E-state index < -0.39 is 0 Å². The third-order valence-corrected chi connectivity index (χ3v) is 4.70. The Hall–Kier alpha value is -1.46. The molecule has 1 aliphatic rings. The predicted molar refractivity (Wildman–Crippen MR) is 104 cm³/mol. The molecule has 0 spiro atoms. The molecule has 0 bridgehead atoms. The molecule has 0 unspecified atom stereocenters. The average molecular weight is 361 g/mol. The monoisotopic (exact) mass is 360 g/mol. The largest absolute Gasteiger partial charge is 0.379 e. The molecule has 0 saturated carbocycles. The van der Waals surface area contributed by atoms with E-state index in [1.807, 2.05) is 30.3 Å². The number of nitrogens with one attached hydrogen (secondary N) is 1. The van der Waals surface area contributed by atoms with E-state index in [9.17, 15) is 0 Å². The molecular weight excluding hydrogens is 340 g/mol. The third-order valence-electron chi connectivity index (χ3n) is 4.18. The standard InChI is InChI=1S/C19H21ClN2OS/c20-16-6-8-17(9-7-16)21-19(24)14-18(15-4-2-1-3-5-15)22-10-12-23-13-11-22/h1-9,18H,10-14H2,(H,21,24)/t18-/m0/s1. The fourth-order valence-corrected chi connectivity index (χ4v) is 3.34. The summed E-state index contributed by atoms with van der Waals surface area (Å²) in [5.74, 6) is 0. The Labute approximate surface area is 153 Å². The lowest BCUT2D eigenvalue weighted by atomic mass is 10.0. The van der Waals surface area contributed by atoms with Gasteiger partial charge in [0.2, 0.25) is 0 Å². The molecule has 3 rings (SSSR count). The number of hydrogen-bond donors (Lipinski definition) is 1. The van der Waals surface area contributed by atoms with Gasteiger partial charge in [-0.1, -0.05) is 54.2 Å². The van der Waals surface area contributed by atoms with E-state index in [4.69, 9.17) is 28.6 Å². The highest BCUT2D eigenvalue weighted by Gasteiger charge is 2.23. The number of ether oxygens (including phenoxy) is 1. The maximum Gasteiger partial charge on any atom is 0.0816 e. The number of thiocarbonyl (C=S) groups is 1. The van der Waals surface area contributed by atoms with Crippen LogP contribution in [0.2, 0.25) is 5.02 Å². The highest BCUT2D eigenvalue weighted by atomic mass is 35.5. The molecule has 24 heavy (non-hydrogen) atoms. The number of rotatable bonds is 5. The second kappa shape index (κ2) is 8.58. The minimum atomic E-state index is 0.266. The number of anilines is 1. The fraction of sp³-hybridized carbons (Fsp3) is 0.316. The van der Waals surface area contributed by atoms with E-state index in [0.29, 0.717) is 0 Å². The summed E-state index contributed by atoms with van der Waals surface area (Å²) in [7, 11) is 0. The lowest BCUT2D eigenvalue weighted by molar-refractivity contribution is 0.0176. The summed E-state index contributed by atoms with van der Waals surface area (Å²) in [5, 5.41) is 4.05. The zero-order valence-electron chi connectivity index (χ0n) is 13.5. The topological polar surface area (TPSA) is 24.5 Å². The number of benzene rings is 2. The van der Waals surface area contributed by atoms with Gasteiger partial charge in [0.25, 0.3) is 0 Å². The molecule has 1 atom stereocenters. The Balaban J connectivity index is 1.71. The Morgan fingerprint density at radius 2 is 1.75 bits per heavy atom. The van der Waals surface area contributed by atoms with Crippen molar-refractivity contribution in [3.63, 3.8) is 0 Å². The Kier molecular flexibility index (Phi) is 6.21. The van der Waals surface area contributed by atoms with Crippen molar-refractivity contribution in [3.8, 4) is 0 Å². The van der Waals surface area contributed by atoms with Crippen LogP contribution < -0.4 is 5.32 Å². The molecule has 3 nitrogen and oxygen atoms in total. The van der Waals surface area contributed by atoms with Gasteiger partial charge in [-0.25, -0.2) is 0 Å². The molecule has 1 N–H and O–H groups in total. The summed E-state index contributed by atoms with van der Waals surface area (Å²) in [6.07, 6.45) is 0.780. The van der Waals surface area contributed by atoms with Gasteiger partial charge >= 0.3 is 0 Å². The predicted octanol–water partition coefficient (Wildman–Crippen LogP) is 4.54. The maximum absolute atomic E-state index is 5.94. The first-order valence-electron chi connectivity index (χ1n) is 8.14. The molecule has 2 aromatic carbocycles. The minimum Gasteiger partial charge on any atom is -0.379 e. The van der Waals surface area contributed by atoms with Crippen LogP contribution in [-0.2, 0) is 4.74 Å². The van der Waals surface area contributed by atoms with Crippen molar-refractivity contribution in [2.24, 2.45) is 0 Å². The van der Waals surface area contributed by atoms with Gasteiger partial charge in [-0.15, -0.1) is 0 Å². The van der Waals surface area contributed by atoms with E-state index in [1.54, 1.807) is 0 Å². The summed E-state index contributed by atoms with van der Waals surface area (Å²) < 4.78 is 5.49. The second-order valence-corrected chi connectivity index (χ2v) is 6.76. The normalized spacial score (nSPS) is 16.5. The van der Waals surface area contributed by atoms with Gasteiger partial charge < -0.3 is 10.1 Å². The molecule has 1 heterocycles. The van der Waals surface area contributed by atoms with Crippen LogP contribution in [0.4, 0.5) is 5.69 Å². The number of hydrogen-bond acceptors (Lipinski definition) is 3. The molecule has 1 saturated heterocycles. The van der Waals surface area contributed by atoms with Crippen molar-refractivity contribution < 1.29 is 4.74 Å². The smallest absolute Gasteiger partial charge is 0.0816 e. The Morgan fingerprint density at radius 1 is 1.08 bits per heavy atom. The number of morpholine rings is 1. The molecule has 1 aliphatic heterocycles. The molecule has 0 radical (unpaired) electrons. The fourth-order valence-electron chi connectivity index (χ4n) is 2.94. The first kappa shape index (κ1) is 17.4. The first-order chi connectivity index (χ1) is 11.7. The average Bonchev–Trinajstić information content (AvgIpc) is 2.63. The summed E-state index contributed by atoms with van der Waals surface area (Å²) in [6, 6.07) is 18.4. The van der Waals surface area contributed by atoms with Gasteiger partial charge in [-0.3, -0.25) is 4.90 Å². The van der Waals surface area contributed by atoms with E-state index in [0.717, 1.165) is 48.4 Å². The molecular formula is C19H21ClN2OS.